The molecule has 2 fully saturated rings. The Morgan fingerprint density at radius 2 is 1.97 bits per heavy atom. The van der Waals surface area contributed by atoms with Crippen LogP contribution in [0.4, 0.5) is 5.69 Å². The Hall–Kier alpha value is -2.66. The molecule has 2 aliphatic rings. The molecule has 1 saturated heterocycles. The molecule has 0 aromatic heterocycles. The van der Waals surface area contributed by atoms with Crippen molar-refractivity contribution in [3.8, 4) is 0 Å². The lowest BCUT2D eigenvalue weighted by Gasteiger charge is -2.39. The predicted molar refractivity (Wildman–Crippen MR) is 113 cm³/mol. The van der Waals surface area contributed by atoms with Crippen molar-refractivity contribution in [2.45, 2.75) is 51.2 Å². The molecular formula is C24H28N2O3. The highest BCUT2D eigenvalue weighted by molar-refractivity contribution is 5.98. The number of carbonyl (C=O) groups is 2. The maximum absolute atomic E-state index is 12.7. The van der Waals surface area contributed by atoms with Gasteiger partial charge in [0.1, 0.15) is 0 Å². The first-order chi connectivity index (χ1) is 14.1. The zero-order valence-corrected chi connectivity index (χ0v) is 16.8. The molecule has 0 spiro atoms. The number of aryl methyl sites for hydroxylation is 2. The lowest BCUT2D eigenvalue weighted by atomic mass is 9.76. The normalized spacial score (nSPS) is 22.4. The fourth-order valence-electron chi connectivity index (χ4n) is 4.22. The highest BCUT2D eigenvalue weighted by atomic mass is 16.5. The van der Waals surface area contributed by atoms with Gasteiger partial charge in [0, 0.05) is 36.2 Å². The molecule has 2 amide bonds. The largest absolute Gasteiger partial charge is 0.378 e. The van der Waals surface area contributed by atoms with Crippen LogP contribution in [0.2, 0.25) is 0 Å². The van der Waals surface area contributed by atoms with Gasteiger partial charge in [-0.1, -0.05) is 36.4 Å². The number of amides is 2. The third kappa shape index (κ3) is 4.67. The number of ether oxygens (including phenoxy) is 1. The summed E-state index contributed by atoms with van der Waals surface area (Å²) in [5.74, 6) is 0.347. The number of anilines is 1. The molecule has 0 bridgehead atoms. The van der Waals surface area contributed by atoms with Crippen LogP contribution in [0.1, 0.15) is 47.2 Å². The first kappa shape index (κ1) is 19.6. The average Bonchev–Trinajstić information content (AvgIpc) is 3.09. The molecule has 2 aromatic carbocycles. The molecule has 0 radical (unpaired) electrons. The highest BCUT2D eigenvalue weighted by Gasteiger charge is 2.45. The van der Waals surface area contributed by atoms with Crippen LogP contribution in [0.5, 0.6) is 0 Å². The maximum atomic E-state index is 12.7. The summed E-state index contributed by atoms with van der Waals surface area (Å²) in [6.45, 7) is 2.74. The Labute approximate surface area is 171 Å². The first-order valence-corrected chi connectivity index (χ1v) is 10.5. The average molecular weight is 392 g/mol. The van der Waals surface area contributed by atoms with Crippen molar-refractivity contribution in [3.05, 3.63) is 65.2 Å². The van der Waals surface area contributed by atoms with Crippen molar-refractivity contribution in [1.82, 2.24) is 5.32 Å². The zero-order chi connectivity index (χ0) is 20.2. The first-order valence-electron chi connectivity index (χ1n) is 10.5. The van der Waals surface area contributed by atoms with Crippen LogP contribution >= 0.6 is 0 Å². The van der Waals surface area contributed by atoms with E-state index in [0.29, 0.717) is 29.7 Å². The fourth-order valence-corrected chi connectivity index (χ4v) is 4.22. The quantitative estimate of drug-likeness (QED) is 0.752. The van der Waals surface area contributed by atoms with E-state index < -0.39 is 0 Å². The summed E-state index contributed by atoms with van der Waals surface area (Å²) >= 11 is 0. The van der Waals surface area contributed by atoms with Gasteiger partial charge in [-0.3, -0.25) is 9.59 Å². The highest BCUT2D eigenvalue weighted by Crippen LogP contribution is 2.38. The monoisotopic (exact) mass is 392 g/mol. The molecule has 1 aliphatic heterocycles. The van der Waals surface area contributed by atoms with Gasteiger partial charge in [-0.25, -0.2) is 0 Å². The molecule has 1 aliphatic carbocycles. The number of benzene rings is 2. The maximum Gasteiger partial charge on any atom is 0.251 e. The van der Waals surface area contributed by atoms with Gasteiger partial charge >= 0.3 is 0 Å². The number of nitrogens with one attached hydrogen (secondary N) is 2. The number of hydrogen-bond acceptors (Lipinski definition) is 3. The van der Waals surface area contributed by atoms with Crippen LogP contribution in [0.15, 0.2) is 48.5 Å². The molecule has 3 atom stereocenters. The smallest absolute Gasteiger partial charge is 0.251 e. The minimum absolute atomic E-state index is 0.0217. The lowest BCUT2D eigenvalue weighted by molar-refractivity contribution is -0.116. The molecular weight excluding hydrogens is 364 g/mol. The zero-order valence-electron chi connectivity index (χ0n) is 16.8. The number of hydrogen-bond donors (Lipinski definition) is 2. The number of rotatable bonds is 7. The van der Waals surface area contributed by atoms with Crippen molar-refractivity contribution < 1.29 is 14.3 Å². The SMILES string of the molecule is Cc1ccc(C(=O)N[C@@H]2C[C@H]3OCC[C@@H]23)cc1NC(=O)CCCc1ccccc1. The molecule has 5 nitrogen and oxygen atoms in total. The third-order valence-electron chi connectivity index (χ3n) is 6.07. The minimum Gasteiger partial charge on any atom is -0.378 e. The minimum atomic E-state index is -0.0834. The van der Waals surface area contributed by atoms with Crippen LogP contribution in [0, 0.1) is 12.8 Å². The molecule has 0 unspecified atom stereocenters. The molecule has 1 heterocycles. The van der Waals surface area contributed by atoms with E-state index in [1.807, 2.05) is 37.3 Å². The molecule has 2 N–H and O–H groups in total. The van der Waals surface area contributed by atoms with E-state index in [4.69, 9.17) is 4.74 Å². The summed E-state index contributed by atoms with van der Waals surface area (Å²) in [7, 11) is 0. The van der Waals surface area contributed by atoms with Crippen molar-refractivity contribution in [1.29, 1.82) is 0 Å². The van der Waals surface area contributed by atoms with Gasteiger partial charge < -0.3 is 15.4 Å². The van der Waals surface area contributed by atoms with Gasteiger partial charge in [0.25, 0.3) is 5.91 Å². The summed E-state index contributed by atoms with van der Waals surface area (Å²) in [4.78, 5) is 25.0. The predicted octanol–water partition coefficient (Wildman–Crippen LogP) is 3.86. The Balaban J connectivity index is 1.30. The van der Waals surface area contributed by atoms with Crippen LogP contribution < -0.4 is 10.6 Å². The van der Waals surface area contributed by atoms with E-state index in [1.165, 1.54) is 5.56 Å². The van der Waals surface area contributed by atoms with E-state index in [9.17, 15) is 9.59 Å². The standard InChI is InChI=1S/C24H28N2O3/c1-16-10-11-18(24(28)26-21-15-22-19(21)12-13-29-22)14-20(16)25-23(27)9-5-8-17-6-3-2-4-7-17/h2-4,6-7,10-11,14,19,21-22H,5,8-9,12-13,15H2,1H3,(H,25,27)(H,26,28)/t19-,21+,22+/m0/s1. The Bertz CT molecular complexity index is 881. The van der Waals surface area contributed by atoms with Crippen molar-refractivity contribution in [2.75, 3.05) is 11.9 Å². The molecule has 5 heteroatoms. The summed E-state index contributed by atoms with van der Waals surface area (Å²) in [5.41, 5.74) is 3.47. The summed E-state index contributed by atoms with van der Waals surface area (Å²) in [6.07, 6.45) is 4.37. The van der Waals surface area contributed by atoms with Crippen molar-refractivity contribution >= 4 is 17.5 Å². The van der Waals surface area contributed by atoms with Gasteiger partial charge in [0.2, 0.25) is 5.91 Å². The van der Waals surface area contributed by atoms with Crippen LogP contribution in [-0.2, 0) is 16.0 Å². The van der Waals surface area contributed by atoms with E-state index in [-0.39, 0.29) is 17.9 Å². The summed E-state index contributed by atoms with van der Waals surface area (Å²) in [6, 6.07) is 15.9. The van der Waals surface area contributed by atoms with E-state index in [1.54, 1.807) is 6.07 Å². The molecule has 29 heavy (non-hydrogen) atoms. The topological polar surface area (TPSA) is 67.4 Å². The number of fused-ring (bicyclic) bond motifs is 1. The van der Waals surface area contributed by atoms with Crippen LogP contribution in [-0.4, -0.2) is 30.6 Å². The summed E-state index contributed by atoms with van der Waals surface area (Å²) in [5, 5.41) is 6.10. The van der Waals surface area contributed by atoms with E-state index in [2.05, 4.69) is 22.8 Å². The Kier molecular flexibility index (Phi) is 5.95. The second kappa shape index (κ2) is 8.78. The van der Waals surface area contributed by atoms with E-state index >= 15 is 0 Å². The van der Waals surface area contributed by atoms with Crippen molar-refractivity contribution in [2.24, 2.45) is 5.92 Å². The molecule has 152 valence electrons. The molecule has 4 rings (SSSR count). The van der Waals surface area contributed by atoms with Crippen LogP contribution in [0.25, 0.3) is 0 Å². The lowest BCUT2D eigenvalue weighted by Crippen LogP contribution is -2.53. The Morgan fingerprint density at radius 3 is 2.76 bits per heavy atom. The summed E-state index contributed by atoms with van der Waals surface area (Å²) < 4.78 is 5.61. The van der Waals surface area contributed by atoms with Gasteiger partial charge in [-0.05, 0) is 55.9 Å². The van der Waals surface area contributed by atoms with Crippen molar-refractivity contribution in [3.63, 3.8) is 0 Å². The molecule has 1 saturated carbocycles. The van der Waals surface area contributed by atoms with Gasteiger partial charge in [-0.2, -0.15) is 0 Å². The Morgan fingerprint density at radius 1 is 1.14 bits per heavy atom. The van der Waals surface area contributed by atoms with Gasteiger partial charge in [-0.15, -0.1) is 0 Å². The second-order valence-corrected chi connectivity index (χ2v) is 8.09. The third-order valence-corrected chi connectivity index (χ3v) is 6.07. The number of carbonyl (C=O) groups excluding carboxylic acids is 2. The fraction of sp³-hybridized carbons (Fsp3) is 0.417. The van der Waals surface area contributed by atoms with Gasteiger partial charge in [0.05, 0.1) is 6.10 Å². The van der Waals surface area contributed by atoms with Gasteiger partial charge in [0.15, 0.2) is 0 Å². The van der Waals surface area contributed by atoms with Crippen LogP contribution in [0.3, 0.4) is 0 Å². The second-order valence-electron chi connectivity index (χ2n) is 8.09. The molecule has 2 aromatic rings. The van der Waals surface area contributed by atoms with E-state index in [0.717, 1.165) is 37.9 Å².